The van der Waals surface area contributed by atoms with Crippen LogP contribution in [-0.4, -0.2) is 24.5 Å². The summed E-state index contributed by atoms with van der Waals surface area (Å²) < 4.78 is 5.90. The fourth-order valence-electron chi connectivity index (χ4n) is 4.37. The van der Waals surface area contributed by atoms with Gasteiger partial charge in [-0.25, -0.2) is 9.69 Å². The summed E-state index contributed by atoms with van der Waals surface area (Å²) in [5.74, 6) is -0.794. The van der Waals surface area contributed by atoms with Gasteiger partial charge >= 0.3 is 6.03 Å². The van der Waals surface area contributed by atoms with Crippen molar-refractivity contribution in [3.8, 4) is 5.75 Å². The third-order valence-corrected chi connectivity index (χ3v) is 6.37. The zero-order valence-corrected chi connectivity index (χ0v) is 21.4. The first-order valence-electron chi connectivity index (χ1n) is 11.7. The summed E-state index contributed by atoms with van der Waals surface area (Å²) in [5.41, 5.74) is 5.90. The molecule has 1 aliphatic heterocycles. The molecule has 0 bridgehead atoms. The number of halogens is 1. The molecule has 0 spiro atoms. The fraction of sp³-hybridized carbons (Fsp3) is 0.207. The molecule has 3 aromatic carbocycles. The zero-order chi connectivity index (χ0) is 26.0. The number of hydrogen-bond donors (Lipinski definition) is 1. The largest absolute Gasteiger partial charge is 0.494 e. The van der Waals surface area contributed by atoms with Crippen LogP contribution >= 0.6 is 11.6 Å². The molecule has 1 fully saturated rings. The van der Waals surface area contributed by atoms with Crippen LogP contribution in [0.3, 0.4) is 0 Å². The Balaban J connectivity index is 1.70. The molecule has 1 aliphatic rings. The predicted octanol–water partition coefficient (Wildman–Crippen LogP) is 5.92. The average molecular weight is 503 g/mol. The molecule has 0 unspecified atom stereocenters. The highest BCUT2D eigenvalue weighted by atomic mass is 35.5. The summed E-state index contributed by atoms with van der Waals surface area (Å²) in [7, 11) is 0. The lowest BCUT2D eigenvalue weighted by molar-refractivity contribution is -0.122. The lowest BCUT2D eigenvalue weighted by Gasteiger charge is -2.27. The smallest absolute Gasteiger partial charge is 0.335 e. The van der Waals surface area contributed by atoms with E-state index < -0.39 is 17.8 Å². The van der Waals surface area contributed by atoms with E-state index in [0.717, 1.165) is 10.5 Å². The first kappa shape index (κ1) is 25.2. The number of urea groups is 1. The van der Waals surface area contributed by atoms with Gasteiger partial charge in [-0.15, -0.1) is 0 Å². The lowest BCUT2D eigenvalue weighted by atomic mass is 9.98. The number of anilines is 1. The van der Waals surface area contributed by atoms with E-state index >= 15 is 0 Å². The van der Waals surface area contributed by atoms with Gasteiger partial charge in [0.2, 0.25) is 0 Å². The van der Waals surface area contributed by atoms with Crippen molar-refractivity contribution in [2.75, 3.05) is 11.5 Å². The standard InChI is InChI=1S/C29H27ClN2O4/c1-5-36-26-16-20(9-10-22(26)14-21-12-17(2)11-18(3)13-21)15-23-27(33)31-29(35)32(28(23)34)25-8-6-7-24(30)19(25)4/h6-13,15-16H,5,14H2,1-4H3,(H,31,33,35)/b23-15+. The Morgan fingerprint density at radius 3 is 2.39 bits per heavy atom. The van der Waals surface area contributed by atoms with Gasteiger partial charge in [0.05, 0.1) is 12.3 Å². The molecule has 36 heavy (non-hydrogen) atoms. The molecular weight excluding hydrogens is 476 g/mol. The Kier molecular flexibility index (Phi) is 7.27. The number of imide groups is 2. The number of carbonyl (C=O) groups is 3. The van der Waals surface area contributed by atoms with Gasteiger partial charge in [-0.2, -0.15) is 0 Å². The average Bonchev–Trinajstić information content (AvgIpc) is 2.80. The van der Waals surface area contributed by atoms with E-state index in [2.05, 4.69) is 37.4 Å². The Morgan fingerprint density at radius 1 is 0.972 bits per heavy atom. The molecule has 1 N–H and O–H groups in total. The van der Waals surface area contributed by atoms with Crippen molar-refractivity contribution in [3.05, 3.63) is 98.6 Å². The van der Waals surface area contributed by atoms with Crippen molar-refractivity contribution >= 4 is 41.2 Å². The number of carbonyl (C=O) groups excluding carboxylic acids is 3. The molecule has 0 atom stereocenters. The second-order valence-electron chi connectivity index (χ2n) is 8.81. The number of aryl methyl sites for hydroxylation is 2. The highest BCUT2D eigenvalue weighted by molar-refractivity contribution is 6.39. The molecular formula is C29H27ClN2O4. The Labute approximate surface area is 215 Å². The third-order valence-electron chi connectivity index (χ3n) is 5.96. The maximum absolute atomic E-state index is 13.3. The van der Waals surface area contributed by atoms with Crippen molar-refractivity contribution in [1.29, 1.82) is 0 Å². The highest BCUT2D eigenvalue weighted by Crippen LogP contribution is 2.30. The number of hydrogen-bond acceptors (Lipinski definition) is 4. The summed E-state index contributed by atoms with van der Waals surface area (Å²) >= 11 is 6.20. The maximum Gasteiger partial charge on any atom is 0.335 e. The van der Waals surface area contributed by atoms with Gasteiger partial charge in [0.25, 0.3) is 11.8 Å². The van der Waals surface area contributed by atoms with E-state index in [1.807, 2.05) is 19.1 Å². The Hall–Kier alpha value is -3.90. The van der Waals surface area contributed by atoms with Crippen molar-refractivity contribution in [1.82, 2.24) is 5.32 Å². The molecule has 184 valence electrons. The molecule has 3 aromatic rings. The quantitative estimate of drug-likeness (QED) is 0.335. The number of nitrogens with one attached hydrogen (secondary N) is 1. The Morgan fingerprint density at radius 2 is 1.69 bits per heavy atom. The minimum Gasteiger partial charge on any atom is -0.494 e. The van der Waals surface area contributed by atoms with Gasteiger partial charge < -0.3 is 4.74 Å². The second-order valence-corrected chi connectivity index (χ2v) is 9.22. The third kappa shape index (κ3) is 5.19. The van der Waals surface area contributed by atoms with E-state index in [0.29, 0.717) is 40.6 Å². The molecule has 1 heterocycles. The molecule has 4 amide bonds. The number of ether oxygens (including phenoxy) is 1. The van der Waals surface area contributed by atoms with Crippen molar-refractivity contribution in [2.45, 2.75) is 34.1 Å². The van der Waals surface area contributed by atoms with Crippen LogP contribution < -0.4 is 15.0 Å². The van der Waals surface area contributed by atoms with Crippen LogP contribution in [0.1, 0.15) is 40.3 Å². The fourth-order valence-corrected chi connectivity index (χ4v) is 4.54. The molecule has 0 radical (unpaired) electrons. The summed E-state index contributed by atoms with van der Waals surface area (Å²) in [6.45, 7) is 8.22. The number of barbiturate groups is 1. The van der Waals surface area contributed by atoms with Crippen LogP contribution in [0.15, 0.2) is 60.2 Å². The maximum atomic E-state index is 13.3. The van der Waals surface area contributed by atoms with Gasteiger partial charge in [0.1, 0.15) is 11.3 Å². The van der Waals surface area contributed by atoms with Crippen molar-refractivity contribution in [2.24, 2.45) is 0 Å². The molecule has 7 heteroatoms. The number of benzene rings is 3. The Bertz CT molecular complexity index is 1390. The van der Waals surface area contributed by atoms with Crippen LogP contribution in [-0.2, 0) is 16.0 Å². The van der Waals surface area contributed by atoms with Crippen LogP contribution in [0, 0.1) is 20.8 Å². The van der Waals surface area contributed by atoms with Crippen LogP contribution in [0.5, 0.6) is 5.75 Å². The number of rotatable bonds is 6. The molecule has 0 saturated carbocycles. The zero-order valence-electron chi connectivity index (χ0n) is 20.6. The predicted molar refractivity (Wildman–Crippen MR) is 142 cm³/mol. The first-order chi connectivity index (χ1) is 17.2. The summed E-state index contributed by atoms with van der Waals surface area (Å²) in [5, 5.41) is 2.67. The summed E-state index contributed by atoms with van der Waals surface area (Å²) in [6.07, 6.45) is 2.16. The van der Waals surface area contributed by atoms with Gasteiger partial charge in [-0.3, -0.25) is 14.9 Å². The van der Waals surface area contributed by atoms with Gasteiger partial charge in [0.15, 0.2) is 0 Å². The lowest BCUT2D eigenvalue weighted by Crippen LogP contribution is -2.54. The number of nitrogens with zero attached hydrogens (tertiary/aromatic N) is 1. The summed E-state index contributed by atoms with van der Waals surface area (Å²) in [6, 6.07) is 16.1. The van der Waals surface area contributed by atoms with Gasteiger partial charge in [-0.1, -0.05) is 59.1 Å². The van der Waals surface area contributed by atoms with E-state index in [1.165, 1.54) is 22.8 Å². The van der Waals surface area contributed by atoms with Gasteiger partial charge in [0, 0.05) is 11.4 Å². The minimum atomic E-state index is -0.814. The van der Waals surface area contributed by atoms with Crippen LogP contribution in [0.25, 0.3) is 6.08 Å². The second kappa shape index (κ2) is 10.4. The minimum absolute atomic E-state index is 0.154. The SMILES string of the molecule is CCOc1cc(/C=C2\C(=O)NC(=O)N(c3cccc(Cl)c3C)C2=O)ccc1Cc1cc(C)cc(C)c1. The highest BCUT2D eigenvalue weighted by Gasteiger charge is 2.37. The van der Waals surface area contributed by atoms with E-state index in [4.69, 9.17) is 16.3 Å². The molecule has 0 aromatic heterocycles. The number of amides is 4. The van der Waals surface area contributed by atoms with Crippen molar-refractivity contribution in [3.63, 3.8) is 0 Å². The molecule has 6 nitrogen and oxygen atoms in total. The van der Waals surface area contributed by atoms with E-state index in [1.54, 1.807) is 31.2 Å². The monoisotopic (exact) mass is 502 g/mol. The van der Waals surface area contributed by atoms with E-state index in [9.17, 15) is 14.4 Å². The van der Waals surface area contributed by atoms with E-state index in [-0.39, 0.29) is 5.57 Å². The van der Waals surface area contributed by atoms with Crippen LogP contribution in [0.2, 0.25) is 5.02 Å². The first-order valence-corrected chi connectivity index (χ1v) is 12.0. The molecule has 1 saturated heterocycles. The van der Waals surface area contributed by atoms with Gasteiger partial charge in [-0.05, 0) is 74.2 Å². The summed E-state index contributed by atoms with van der Waals surface area (Å²) in [4.78, 5) is 39.4. The molecule has 4 rings (SSSR count). The topological polar surface area (TPSA) is 75.7 Å². The molecule has 0 aliphatic carbocycles. The van der Waals surface area contributed by atoms with Crippen LogP contribution in [0.4, 0.5) is 10.5 Å². The van der Waals surface area contributed by atoms with Crippen molar-refractivity contribution < 1.29 is 19.1 Å². The normalized spacial score (nSPS) is 14.9.